The van der Waals surface area contributed by atoms with Crippen molar-refractivity contribution in [3.63, 3.8) is 0 Å². The van der Waals surface area contributed by atoms with Gasteiger partial charge in [-0.2, -0.15) is 22.0 Å². The number of Topliss-reactive ketones (excluding diaryl/α,β-unsaturated/α-hetero) is 2. The Labute approximate surface area is 212 Å². The number of alkyl halides is 5. The second-order valence-corrected chi connectivity index (χ2v) is 9.59. The minimum Gasteiger partial charge on any atom is -0.511 e. The third-order valence-corrected chi connectivity index (χ3v) is 7.31. The van der Waals surface area contributed by atoms with E-state index >= 15 is 0 Å². The zero-order valence-electron chi connectivity index (χ0n) is 19.9. The van der Waals surface area contributed by atoms with Gasteiger partial charge in [0.1, 0.15) is 22.8 Å². The molecule has 1 aromatic carbocycles. The molecule has 14 heteroatoms. The van der Waals surface area contributed by atoms with Crippen molar-refractivity contribution in [2.45, 2.75) is 37.9 Å². The first-order valence-electron chi connectivity index (χ1n) is 11.5. The van der Waals surface area contributed by atoms with Gasteiger partial charge in [-0.3, -0.25) is 14.4 Å². The van der Waals surface area contributed by atoms with Gasteiger partial charge in [-0.15, -0.1) is 0 Å². The molecule has 0 heterocycles. The topological polar surface area (TPSA) is 162 Å². The summed E-state index contributed by atoms with van der Waals surface area (Å²) in [4.78, 5) is 37.5. The van der Waals surface area contributed by atoms with Gasteiger partial charge in [0.05, 0.1) is 18.0 Å². The van der Waals surface area contributed by atoms with Crippen molar-refractivity contribution in [2.24, 2.45) is 23.5 Å². The number of carbonyl (C=O) groups excluding carboxylic acids is 3. The standard InChI is InChI=1S/C24H24F5N3O6/c1-31-12-4-10(6-32-7-23(25,26)24(27,28)29)18(34)16-11(12)3-8-2-9-5-13(33)17(22(30)38)21(37)15(9)19(35)14(8)20(16)36/h4,8-9,15,31-32,34,36-37H,2-3,5-7H2,1H3,(H2,30,38). The first-order chi connectivity index (χ1) is 17.6. The number of rotatable bonds is 6. The second kappa shape index (κ2) is 9.26. The molecule has 0 aliphatic heterocycles. The van der Waals surface area contributed by atoms with Crippen LogP contribution in [0.15, 0.2) is 23.0 Å². The molecule has 1 amide bonds. The number of anilines is 1. The van der Waals surface area contributed by atoms with Gasteiger partial charge in [0.25, 0.3) is 5.91 Å². The molecule has 3 unspecified atom stereocenters. The summed E-state index contributed by atoms with van der Waals surface area (Å²) in [5.74, 6) is -12.3. The number of nitrogens with two attached hydrogens (primary N) is 1. The summed E-state index contributed by atoms with van der Waals surface area (Å²) in [5, 5.41) is 37.4. The van der Waals surface area contributed by atoms with Crippen molar-refractivity contribution in [1.29, 1.82) is 0 Å². The number of halogens is 5. The van der Waals surface area contributed by atoms with Crippen molar-refractivity contribution < 1.29 is 51.7 Å². The Morgan fingerprint density at radius 3 is 2.37 bits per heavy atom. The maximum atomic E-state index is 13.5. The smallest absolute Gasteiger partial charge is 0.454 e. The van der Waals surface area contributed by atoms with E-state index in [0.29, 0.717) is 11.3 Å². The molecular weight excluding hydrogens is 521 g/mol. The average Bonchev–Trinajstić information content (AvgIpc) is 2.78. The van der Waals surface area contributed by atoms with E-state index in [1.165, 1.54) is 13.1 Å². The van der Waals surface area contributed by atoms with E-state index in [2.05, 4.69) is 5.32 Å². The molecule has 3 aliphatic carbocycles. The van der Waals surface area contributed by atoms with Crippen LogP contribution in [0, 0.1) is 17.8 Å². The molecule has 0 aromatic heterocycles. The van der Waals surface area contributed by atoms with E-state index in [9.17, 15) is 51.7 Å². The predicted octanol–water partition coefficient (Wildman–Crippen LogP) is 2.64. The monoisotopic (exact) mass is 545 g/mol. The lowest BCUT2D eigenvalue weighted by Crippen LogP contribution is -2.45. The van der Waals surface area contributed by atoms with Gasteiger partial charge >= 0.3 is 12.1 Å². The van der Waals surface area contributed by atoms with E-state index in [1.54, 1.807) is 0 Å². The molecule has 1 fully saturated rings. The van der Waals surface area contributed by atoms with Crippen LogP contribution < -0.4 is 16.4 Å². The van der Waals surface area contributed by atoms with Crippen LogP contribution in [-0.2, 0) is 27.3 Å². The number of hydrogen-bond acceptors (Lipinski definition) is 8. The van der Waals surface area contributed by atoms with E-state index in [1.807, 2.05) is 5.32 Å². The number of amides is 1. The predicted molar refractivity (Wildman–Crippen MR) is 122 cm³/mol. The molecule has 0 saturated heterocycles. The fourth-order valence-electron chi connectivity index (χ4n) is 5.58. The van der Waals surface area contributed by atoms with Crippen LogP contribution in [0.25, 0.3) is 5.76 Å². The fraction of sp³-hybridized carbons (Fsp3) is 0.458. The molecule has 0 bridgehead atoms. The number of aliphatic hydroxyl groups excluding tert-OH is 2. The number of fused-ring (bicyclic) bond motifs is 3. The van der Waals surface area contributed by atoms with Crippen LogP contribution in [-0.4, -0.2) is 58.5 Å². The van der Waals surface area contributed by atoms with Gasteiger partial charge in [-0.25, -0.2) is 0 Å². The summed E-state index contributed by atoms with van der Waals surface area (Å²) in [6.45, 7) is -2.39. The lowest BCUT2D eigenvalue weighted by Gasteiger charge is -2.41. The van der Waals surface area contributed by atoms with Crippen LogP contribution in [0.4, 0.5) is 27.6 Å². The van der Waals surface area contributed by atoms with E-state index in [0.717, 1.165) is 0 Å². The molecule has 38 heavy (non-hydrogen) atoms. The number of primary amides is 1. The molecule has 206 valence electrons. The van der Waals surface area contributed by atoms with Crippen LogP contribution >= 0.6 is 0 Å². The number of nitrogens with one attached hydrogen (secondary N) is 2. The number of phenolic OH excluding ortho intramolecular Hbond substituents is 1. The first-order valence-corrected chi connectivity index (χ1v) is 11.5. The Balaban J connectivity index is 1.74. The maximum absolute atomic E-state index is 13.5. The number of aliphatic hydroxyl groups is 2. The van der Waals surface area contributed by atoms with Crippen molar-refractivity contribution in [2.75, 3.05) is 18.9 Å². The summed E-state index contributed by atoms with van der Waals surface area (Å²) in [7, 11) is 1.49. The lowest BCUT2D eigenvalue weighted by atomic mass is 9.61. The Morgan fingerprint density at radius 1 is 1.13 bits per heavy atom. The van der Waals surface area contributed by atoms with Crippen LogP contribution in [0.1, 0.15) is 29.5 Å². The zero-order chi connectivity index (χ0) is 28.3. The first kappa shape index (κ1) is 27.4. The molecule has 3 aliphatic rings. The van der Waals surface area contributed by atoms with E-state index in [-0.39, 0.29) is 36.0 Å². The Kier molecular flexibility index (Phi) is 6.66. The number of carbonyl (C=O) groups is 3. The maximum Gasteiger partial charge on any atom is 0.454 e. The highest BCUT2D eigenvalue weighted by Crippen LogP contribution is 2.51. The average molecular weight is 545 g/mol. The Morgan fingerprint density at radius 2 is 1.79 bits per heavy atom. The minimum absolute atomic E-state index is 0.106. The number of benzene rings is 1. The zero-order valence-corrected chi connectivity index (χ0v) is 19.9. The number of aromatic hydroxyl groups is 1. The third kappa shape index (κ3) is 4.25. The third-order valence-electron chi connectivity index (χ3n) is 7.31. The highest BCUT2D eigenvalue weighted by molar-refractivity contribution is 6.21. The summed E-state index contributed by atoms with van der Waals surface area (Å²) in [5.41, 5.74) is 4.71. The number of ketones is 2. The SMILES string of the molecule is CNc1cc(CNCC(F)(F)C(F)(F)F)c(O)c2c1CC1CC3CC(=O)C(C(N)=O)=C(O)C3C(=O)C1=C2O. The van der Waals surface area contributed by atoms with Crippen molar-refractivity contribution >= 4 is 28.9 Å². The van der Waals surface area contributed by atoms with Gasteiger partial charge in [-0.1, -0.05) is 0 Å². The molecule has 1 aromatic rings. The number of allylic oxidation sites excluding steroid dienone is 2. The molecule has 4 rings (SSSR count). The fourth-order valence-corrected chi connectivity index (χ4v) is 5.58. The van der Waals surface area contributed by atoms with Crippen LogP contribution in [0.3, 0.4) is 0 Å². The van der Waals surface area contributed by atoms with E-state index < -0.39 is 83.3 Å². The summed E-state index contributed by atoms with van der Waals surface area (Å²) >= 11 is 0. The molecule has 1 saturated carbocycles. The summed E-state index contributed by atoms with van der Waals surface area (Å²) < 4.78 is 64.0. The number of phenols is 1. The summed E-state index contributed by atoms with van der Waals surface area (Å²) in [6.07, 6.45) is -5.71. The summed E-state index contributed by atoms with van der Waals surface area (Å²) in [6, 6.07) is 1.33. The highest BCUT2D eigenvalue weighted by atomic mass is 19.4. The molecule has 3 atom stereocenters. The normalized spacial score (nSPS) is 23.7. The Hall–Kier alpha value is -3.68. The number of hydrogen-bond donors (Lipinski definition) is 6. The van der Waals surface area contributed by atoms with Crippen molar-refractivity contribution in [3.8, 4) is 5.75 Å². The van der Waals surface area contributed by atoms with Gasteiger partial charge in [0.2, 0.25) is 0 Å². The van der Waals surface area contributed by atoms with Gasteiger partial charge in [-0.05, 0) is 36.3 Å². The van der Waals surface area contributed by atoms with E-state index in [4.69, 9.17) is 5.73 Å². The van der Waals surface area contributed by atoms with Crippen LogP contribution in [0.5, 0.6) is 5.75 Å². The van der Waals surface area contributed by atoms with Crippen molar-refractivity contribution in [3.05, 3.63) is 39.7 Å². The Bertz CT molecular complexity index is 1300. The second-order valence-electron chi connectivity index (χ2n) is 9.59. The van der Waals surface area contributed by atoms with Gasteiger partial charge in [0, 0.05) is 36.8 Å². The largest absolute Gasteiger partial charge is 0.511 e. The molecule has 7 N–H and O–H groups in total. The van der Waals surface area contributed by atoms with Crippen LogP contribution in [0.2, 0.25) is 0 Å². The molecule has 0 spiro atoms. The molecular formula is C24H24F5N3O6. The highest BCUT2D eigenvalue weighted by Gasteiger charge is 2.57. The molecule has 0 radical (unpaired) electrons. The minimum atomic E-state index is -5.77. The van der Waals surface area contributed by atoms with Gasteiger partial charge < -0.3 is 31.7 Å². The van der Waals surface area contributed by atoms with Gasteiger partial charge in [0.15, 0.2) is 11.6 Å². The quantitative estimate of drug-likeness (QED) is 0.181. The molecule has 9 nitrogen and oxygen atoms in total. The van der Waals surface area contributed by atoms with Crippen molar-refractivity contribution in [1.82, 2.24) is 5.32 Å². The lowest BCUT2D eigenvalue weighted by molar-refractivity contribution is -0.279.